The monoisotopic (exact) mass is 600 g/mol. The van der Waals surface area contributed by atoms with Crippen molar-refractivity contribution in [3.63, 3.8) is 0 Å². The van der Waals surface area contributed by atoms with Gasteiger partial charge < -0.3 is 26.6 Å². The third-order valence-electron chi connectivity index (χ3n) is 9.43. The molecule has 3 fully saturated rings. The summed E-state index contributed by atoms with van der Waals surface area (Å²) in [4.78, 5) is 43.1. The van der Waals surface area contributed by atoms with Gasteiger partial charge in [-0.25, -0.2) is 4.79 Å². The largest absolute Gasteiger partial charge is 0.368 e. The number of nitrogens with one attached hydrogen (secondary N) is 3. The van der Waals surface area contributed by atoms with Gasteiger partial charge in [-0.3, -0.25) is 14.5 Å². The molecule has 9 nitrogen and oxygen atoms in total. The summed E-state index contributed by atoms with van der Waals surface area (Å²) in [5, 5.41) is 8.70. The molecule has 1 heterocycles. The number of carbonyl (C=O) groups is 3. The van der Waals surface area contributed by atoms with E-state index in [-0.39, 0.29) is 5.91 Å². The van der Waals surface area contributed by atoms with E-state index in [1.807, 2.05) is 42.5 Å². The molecule has 44 heavy (non-hydrogen) atoms. The van der Waals surface area contributed by atoms with Crippen LogP contribution < -0.4 is 26.6 Å². The van der Waals surface area contributed by atoms with E-state index in [0.717, 1.165) is 63.1 Å². The molecule has 2 saturated carbocycles. The normalized spacial score (nSPS) is 19.4. The van der Waals surface area contributed by atoms with Crippen molar-refractivity contribution in [1.82, 2.24) is 10.2 Å². The Morgan fingerprint density at radius 3 is 2.20 bits per heavy atom. The quantitative estimate of drug-likeness (QED) is 0.259. The third kappa shape index (κ3) is 9.08. The molecule has 0 aromatic heterocycles. The second kappa shape index (κ2) is 15.7. The first kappa shape index (κ1) is 31.6. The van der Waals surface area contributed by atoms with Crippen LogP contribution in [0.5, 0.6) is 0 Å². The molecule has 1 unspecified atom stereocenters. The van der Waals surface area contributed by atoms with Crippen molar-refractivity contribution in [2.24, 2.45) is 11.7 Å². The van der Waals surface area contributed by atoms with E-state index in [2.05, 4.69) is 25.8 Å². The molecule has 236 valence electrons. The minimum Gasteiger partial charge on any atom is -0.368 e. The smallest absolute Gasteiger partial charge is 0.319 e. The summed E-state index contributed by atoms with van der Waals surface area (Å²) in [6.07, 6.45) is 16.1. The Kier molecular flexibility index (Phi) is 11.3. The van der Waals surface area contributed by atoms with Gasteiger partial charge in [0.05, 0.1) is 11.4 Å². The Hall–Kier alpha value is -3.85. The molecule has 2 aromatic carbocycles. The molecule has 5 rings (SSSR count). The molecule has 9 heteroatoms. The summed E-state index contributed by atoms with van der Waals surface area (Å²) < 4.78 is 0. The van der Waals surface area contributed by atoms with Gasteiger partial charge in [0, 0.05) is 44.0 Å². The van der Waals surface area contributed by atoms with E-state index >= 15 is 0 Å². The van der Waals surface area contributed by atoms with Crippen molar-refractivity contribution in [2.75, 3.05) is 41.7 Å². The molecule has 0 spiro atoms. The van der Waals surface area contributed by atoms with Crippen LogP contribution in [0.4, 0.5) is 21.9 Å². The number of hydrogen-bond donors (Lipinski definition) is 4. The van der Waals surface area contributed by atoms with Crippen molar-refractivity contribution >= 4 is 41.0 Å². The Morgan fingerprint density at radius 1 is 0.841 bits per heavy atom. The second-order valence-corrected chi connectivity index (χ2v) is 12.6. The molecular weight excluding hydrogens is 552 g/mol. The van der Waals surface area contributed by atoms with Gasteiger partial charge in [-0.15, -0.1) is 0 Å². The van der Waals surface area contributed by atoms with Gasteiger partial charge in [0.15, 0.2) is 0 Å². The van der Waals surface area contributed by atoms with E-state index in [0.29, 0.717) is 29.8 Å². The first-order valence-corrected chi connectivity index (χ1v) is 16.5. The molecule has 0 radical (unpaired) electrons. The predicted molar refractivity (Wildman–Crippen MR) is 178 cm³/mol. The van der Waals surface area contributed by atoms with Crippen LogP contribution in [0, 0.1) is 5.92 Å². The summed E-state index contributed by atoms with van der Waals surface area (Å²) in [6, 6.07) is 14.7. The first-order valence-electron chi connectivity index (χ1n) is 16.5. The number of amides is 4. The number of urea groups is 1. The molecule has 3 aliphatic rings. The number of benzene rings is 2. The van der Waals surface area contributed by atoms with Crippen molar-refractivity contribution in [3.8, 4) is 0 Å². The minimum absolute atomic E-state index is 0.251. The van der Waals surface area contributed by atoms with Crippen molar-refractivity contribution in [3.05, 3.63) is 60.2 Å². The summed E-state index contributed by atoms with van der Waals surface area (Å²) >= 11 is 0. The summed E-state index contributed by atoms with van der Waals surface area (Å²) in [6.45, 7) is 3.72. The van der Waals surface area contributed by atoms with Crippen LogP contribution >= 0.6 is 0 Å². The second-order valence-electron chi connectivity index (χ2n) is 12.6. The highest BCUT2D eigenvalue weighted by Gasteiger charge is 2.27. The lowest BCUT2D eigenvalue weighted by Crippen LogP contribution is -2.51. The molecule has 1 atom stereocenters. The third-order valence-corrected chi connectivity index (χ3v) is 9.43. The van der Waals surface area contributed by atoms with E-state index in [4.69, 9.17) is 5.73 Å². The minimum atomic E-state index is -0.722. The predicted octanol–water partition coefficient (Wildman–Crippen LogP) is 5.74. The number of anilines is 3. The van der Waals surface area contributed by atoms with Crippen LogP contribution in [0.15, 0.2) is 54.6 Å². The fraction of sp³-hybridized carbons (Fsp3) is 0.514. The van der Waals surface area contributed by atoms with Crippen molar-refractivity contribution in [1.29, 1.82) is 0 Å². The zero-order chi connectivity index (χ0) is 30.7. The maximum Gasteiger partial charge on any atom is 0.319 e. The van der Waals surface area contributed by atoms with Crippen LogP contribution in [0.1, 0.15) is 76.2 Å². The SMILES string of the molecule is NC(=O)C(CC1CCCCC1)NC(=O)Nc1ccc(N2CCN(C3CCCCC3)CC2)c(NC(=O)C=Cc2ccccc2)c1. The highest BCUT2D eigenvalue weighted by atomic mass is 16.2. The number of primary amides is 1. The highest BCUT2D eigenvalue weighted by molar-refractivity contribution is 6.04. The molecule has 5 N–H and O–H groups in total. The molecule has 2 aliphatic carbocycles. The van der Waals surface area contributed by atoms with Gasteiger partial charge in [0.2, 0.25) is 11.8 Å². The van der Waals surface area contributed by atoms with Crippen LogP contribution in [-0.2, 0) is 9.59 Å². The molecule has 1 aliphatic heterocycles. The highest BCUT2D eigenvalue weighted by Crippen LogP contribution is 2.32. The number of piperazine rings is 1. The average molecular weight is 601 g/mol. The zero-order valence-corrected chi connectivity index (χ0v) is 25.8. The molecule has 2 aromatic rings. The average Bonchev–Trinajstić information content (AvgIpc) is 3.05. The lowest BCUT2D eigenvalue weighted by molar-refractivity contribution is -0.120. The maximum atomic E-state index is 13.0. The van der Waals surface area contributed by atoms with Gasteiger partial charge in [0.25, 0.3) is 0 Å². The molecule has 0 bridgehead atoms. The summed E-state index contributed by atoms with van der Waals surface area (Å²) in [7, 11) is 0. The number of nitrogens with zero attached hydrogens (tertiary/aromatic N) is 2. The standard InChI is InChI=1S/C35H48N6O3/c36-34(43)31(24-27-12-6-2-7-13-27)39-35(44)37-28-17-18-32(41-22-20-40(21-23-41)29-14-8-3-9-15-29)30(25-28)38-33(42)19-16-26-10-4-1-5-11-26/h1,4-5,10-11,16-19,25,27,29,31H,2-3,6-9,12-15,20-24H2,(H2,36,43)(H,38,42)(H2,37,39,44). The van der Waals surface area contributed by atoms with Crippen molar-refractivity contribution in [2.45, 2.75) is 82.7 Å². The van der Waals surface area contributed by atoms with E-state index in [9.17, 15) is 14.4 Å². The van der Waals surface area contributed by atoms with Gasteiger partial charge in [-0.05, 0) is 55.0 Å². The number of carbonyl (C=O) groups excluding carboxylic acids is 3. The van der Waals surface area contributed by atoms with Gasteiger partial charge in [-0.2, -0.15) is 0 Å². The Morgan fingerprint density at radius 2 is 1.52 bits per heavy atom. The van der Waals surface area contributed by atoms with Crippen molar-refractivity contribution < 1.29 is 14.4 Å². The van der Waals surface area contributed by atoms with Crippen LogP contribution in [-0.4, -0.2) is 61.0 Å². The number of hydrogen-bond acceptors (Lipinski definition) is 5. The Balaban J connectivity index is 1.27. The van der Waals surface area contributed by atoms with Gasteiger partial charge in [0.1, 0.15) is 6.04 Å². The van der Waals surface area contributed by atoms with Crippen LogP contribution in [0.3, 0.4) is 0 Å². The zero-order valence-electron chi connectivity index (χ0n) is 25.8. The fourth-order valence-electron chi connectivity index (χ4n) is 7.00. The van der Waals surface area contributed by atoms with Gasteiger partial charge in [-0.1, -0.05) is 81.7 Å². The fourth-order valence-corrected chi connectivity index (χ4v) is 7.00. The van der Waals surface area contributed by atoms with E-state index in [1.165, 1.54) is 44.6 Å². The summed E-state index contributed by atoms with van der Waals surface area (Å²) in [5.41, 5.74) is 8.67. The van der Waals surface area contributed by atoms with Crippen LogP contribution in [0.2, 0.25) is 0 Å². The number of nitrogens with two attached hydrogens (primary N) is 1. The maximum absolute atomic E-state index is 13.0. The lowest BCUT2D eigenvalue weighted by Gasteiger charge is -2.42. The van der Waals surface area contributed by atoms with Crippen LogP contribution in [0.25, 0.3) is 6.08 Å². The van der Waals surface area contributed by atoms with E-state index in [1.54, 1.807) is 12.1 Å². The molecule has 1 saturated heterocycles. The summed E-state index contributed by atoms with van der Waals surface area (Å²) in [5.74, 6) is -0.379. The topological polar surface area (TPSA) is 120 Å². The Bertz CT molecular complexity index is 1280. The molecular formula is C35H48N6O3. The number of rotatable bonds is 10. The lowest BCUT2D eigenvalue weighted by atomic mass is 9.84. The van der Waals surface area contributed by atoms with E-state index < -0.39 is 18.0 Å². The molecule has 4 amide bonds. The van der Waals surface area contributed by atoms with Gasteiger partial charge >= 0.3 is 6.03 Å². The first-order chi connectivity index (χ1) is 21.4. The Labute approximate surface area is 261 Å².